The number of halogens is 2. The van der Waals surface area contributed by atoms with E-state index in [1.165, 1.54) is 12.1 Å². The topological polar surface area (TPSA) is 33.1 Å². The molecule has 4 heteroatoms. The molecule has 20 heavy (non-hydrogen) atoms. The fourth-order valence-electron chi connectivity index (χ4n) is 2.24. The van der Waals surface area contributed by atoms with E-state index in [1.54, 1.807) is 24.5 Å². The molecule has 1 aromatic heterocycles. The molecule has 2 aromatic carbocycles. The first-order valence-electron chi connectivity index (χ1n) is 6.12. The van der Waals surface area contributed by atoms with Crippen LogP contribution in [-0.4, -0.2) is 10.1 Å². The Balaban J connectivity index is 2.12. The monoisotopic (exact) mass is 287 g/mol. The first kappa shape index (κ1) is 13.0. The van der Waals surface area contributed by atoms with Gasteiger partial charge in [0, 0.05) is 17.8 Å². The van der Waals surface area contributed by atoms with Gasteiger partial charge in [-0.05, 0) is 34.7 Å². The molecule has 1 heterocycles. The second-order valence-corrected chi connectivity index (χ2v) is 4.93. The van der Waals surface area contributed by atoms with E-state index in [4.69, 9.17) is 11.6 Å². The van der Waals surface area contributed by atoms with Crippen molar-refractivity contribution < 1.29 is 9.50 Å². The van der Waals surface area contributed by atoms with E-state index in [1.807, 2.05) is 18.2 Å². The van der Waals surface area contributed by atoms with Crippen molar-refractivity contribution in [2.45, 2.75) is 6.10 Å². The summed E-state index contributed by atoms with van der Waals surface area (Å²) in [7, 11) is 0. The Morgan fingerprint density at radius 3 is 2.80 bits per heavy atom. The summed E-state index contributed by atoms with van der Waals surface area (Å²) in [6.07, 6.45) is 2.47. The summed E-state index contributed by atoms with van der Waals surface area (Å²) >= 11 is 5.66. The summed E-state index contributed by atoms with van der Waals surface area (Å²) in [5.41, 5.74) is 1.15. The fraction of sp³-hybridized carbons (Fsp3) is 0.0625. The van der Waals surface area contributed by atoms with Crippen LogP contribution < -0.4 is 0 Å². The van der Waals surface area contributed by atoms with Crippen molar-refractivity contribution in [1.82, 2.24) is 4.98 Å². The first-order chi connectivity index (χ1) is 9.66. The number of rotatable bonds is 2. The van der Waals surface area contributed by atoms with Crippen LogP contribution in [0.5, 0.6) is 0 Å². The van der Waals surface area contributed by atoms with Crippen LogP contribution in [0.1, 0.15) is 17.2 Å². The molecular weight excluding hydrogens is 277 g/mol. The molecule has 3 rings (SSSR count). The van der Waals surface area contributed by atoms with Crippen LogP contribution in [0.2, 0.25) is 5.02 Å². The van der Waals surface area contributed by atoms with Crippen molar-refractivity contribution in [3.05, 3.63) is 76.8 Å². The number of benzene rings is 2. The zero-order chi connectivity index (χ0) is 14.1. The van der Waals surface area contributed by atoms with Gasteiger partial charge in [0.25, 0.3) is 0 Å². The Hall–Kier alpha value is -1.97. The van der Waals surface area contributed by atoms with Crippen molar-refractivity contribution >= 4 is 22.4 Å². The summed E-state index contributed by atoms with van der Waals surface area (Å²) in [5, 5.41) is 12.3. The van der Waals surface area contributed by atoms with Crippen LogP contribution in [0, 0.1) is 5.82 Å². The predicted octanol–water partition coefficient (Wildman–Crippen LogP) is 4.11. The molecule has 1 atom stereocenters. The number of fused-ring (bicyclic) bond motifs is 1. The number of pyridine rings is 1. The molecule has 0 fully saturated rings. The van der Waals surface area contributed by atoms with E-state index in [2.05, 4.69) is 4.98 Å². The van der Waals surface area contributed by atoms with Gasteiger partial charge in [-0.3, -0.25) is 4.98 Å². The molecular formula is C16H11ClFNO. The molecule has 0 radical (unpaired) electrons. The van der Waals surface area contributed by atoms with Crippen molar-refractivity contribution in [3.8, 4) is 0 Å². The molecule has 0 amide bonds. The maximum Gasteiger partial charge on any atom is 0.142 e. The van der Waals surface area contributed by atoms with Gasteiger partial charge >= 0.3 is 0 Å². The average Bonchev–Trinajstić information content (AvgIpc) is 2.49. The standard InChI is InChI=1S/C16H11ClFNO/c17-14-5-4-11(8-15(14)18)16(20)12-3-1-2-10-6-7-19-9-13(10)12/h1-9,16,20H. The van der Waals surface area contributed by atoms with Gasteiger partial charge in [-0.1, -0.05) is 35.9 Å². The summed E-state index contributed by atoms with van der Waals surface area (Å²) in [5.74, 6) is -0.540. The van der Waals surface area contributed by atoms with E-state index in [0.29, 0.717) is 11.1 Å². The Kier molecular flexibility index (Phi) is 3.38. The summed E-state index contributed by atoms with van der Waals surface area (Å²) in [6.45, 7) is 0. The van der Waals surface area contributed by atoms with Crippen molar-refractivity contribution in [1.29, 1.82) is 0 Å². The second-order valence-electron chi connectivity index (χ2n) is 4.52. The molecule has 2 nitrogen and oxygen atoms in total. The molecule has 1 N–H and O–H groups in total. The van der Waals surface area contributed by atoms with Gasteiger partial charge in [0.2, 0.25) is 0 Å². The van der Waals surface area contributed by atoms with Gasteiger partial charge in [0.1, 0.15) is 11.9 Å². The molecule has 0 saturated heterocycles. The molecule has 1 unspecified atom stereocenters. The highest BCUT2D eigenvalue weighted by molar-refractivity contribution is 6.30. The van der Waals surface area contributed by atoms with Gasteiger partial charge in [-0.15, -0.1) is 0 Å². The fourth-order valence-corrected chi connectivity index (χ4v) is 2.35. The normalized spacial score (nSPS) is 12.6. The van der Waals surface area contributed by atoms with Gasteiger partial charge < -0.3 is 5.11 Å². The smallest absolute Gasteiger partial charge is 0.142 e. The van der Waals surface area contributed by atoms with Crippen LogP contribution >= 0.6 is 11.6 Å². The minimum Gasteiger partial charge on any atom is -0.384 e. The molecule has 100 valence electrons. The zero-order valence-electron chi connectivity index (χ0n) is 10.4. The Bertz CT molecular complexity index is 770. The third-order valence-electron chi connectivity index (χ3n) is 3.27. The molecule has 3 aromatic rings. The minimum atomic E-state index is -0.922. The van der Waals surface area contributed by atoms with Gasteiger partial charge in [-0.25, -0.2) is 4.39 Å². The Morgan fingerprint density at radius 2 is 2.00 bits per heavy atom. The predicted molar refractivity (Wildman–Crippen MR) is 77.2 cm³/mol. The molecule has 0 aliphatic heterocycles. The van der Waals surface area contributed by atoms with Gasteiger partial charge in [-0.2, -0.15) is 0 Å². The molecule has 0 aliphatic rings. The third-order valence-corrected chi connectivity index (χ3v) is 3.58. The van der Waals surface area contributed by atoms with E-state index >= 15 is 0 Å². The zero-order valence-corrected chi connectivity index (χ0v) is 11.2. The maximum atomic E-state index is 13.5. The van der Waals surface area contributed by atoms with Crippen molar-refractivity contribution in [3.63, 3.8) is 0 Å². The van der Waals surface area contributed by atoms with Crippen LogP contribution in [0.4, 0.5) is 4.39 Å². The highest BCUT2D eigenvalue weighted by Crippen LogP contribution is 2.29. The van der Waals surface area contributed by atoms with E-state index in [0.717, 1.165) is 10.8 Å². The van der Waals surface area contributed by atoms with E-state index < -0.39 is 11.9 Å². The number of aliphatic hydroxyl groups excluding tert-OH is 1. The quantitative estimate of drug-likeness (QED) is 0.769. The molecule has 0 saturated carbocycles. The average molecular weight is 288 g/mol. The number of aromatic nitrogens is 1. The lowest BCUT2D eigenvalue weighted by Crippen LogP contribution is -2.01. The number of hydrogen-bond acceptors (Lipinski definition) is 2. The molecule has 0 bridgehead atoms. The first-order valence-corrected chi connectivity index (χ1v) is 6.50. The van der Waals surface area contributed by atoms with E-state index in [-0.39, 0.29) is 5.02 Å². The highest BCUT2D eigenvalue weighted by atomic mass is 35.5. The van der Waals surface area contributed by atoms with Crippen LogP contribution in [0.3, 0.4) is 0 Å². The minimum absolute atomic E-state index is 0.0422. The van der Waals surface area contributed by atoms with Crippen LogP contribution in [-0.2, 0) is 0 Å². The lowest BCUT2D eigenvalue weighted by molar-refractivity contribution is 0.221. The third kappa shape index (κ3) is 2.26. The van der Waals surface area contributed by atoms with Gasteiger partial charge in [0.05, 0.1) is 5.02 Å². The van der Waals surface area contributed by atoms with Crippen LogP contribution in [0.25, 0.3) is 10.8 Å². The lowest BCUT2D eigenvalue weighted by Gasteiger charge is -2.14. The number of aliphatic hydroxyl groups is 1. The van der Waals surface area contributed by atoms with Gasteiger partial charge in [0.15, 0.2) is 0 Å². The SMILES string of the molecule is OC(c1ccc(Cl)c(F)c1)c1cccc2ccncc12. The lowest BCUT2D eigenvalue weighted by atomic mass is 9.97. The maximum absolute atomic E-state index is 13.5. The Morgan fingerprint density at radius 1 is 1.15 bits per heavy atom. The van der Waals surface area contributed by atoms with Crippen LogP contribution in [0.15, 0.2) is 54.9 Å². The largest absolute Gasteiger partial charge is 0.384 e. The van der Waals surface area contributed by atoms with E-state index in [9.17, 15) is 9.50 Å². The summed E-state index contributed by atoms with van der Waals surface area (Å²) in [4.78, 5) is 4.07. The second kappa shape index (κ2) is 5.19. The molecule has 0 aliphatic carbocycles. The molecule has 0 spiro atoms. The number of hydrogen-bond donors (Lipinski definition) is 1. The van der Waals surface area contributed by atoms with Crippen molar-refractivity contribution in [2.24, 2.45) is 0 Å². The van der Waals surface area contributed by atoms with Crippen molar-refractivity contribution in [2.75, 3.05) is 0 Å². The highest BCUT2D eigenvalue weighted by Gasteiger charge is 2.15. The Labute approximate surface area is 120 Å². The summed E-state index contributed by atoms with van der Waals surface area (Å²) in [6, 6.07) is 11.8. The number of nitrogens with zero attached hydrogens (tertiary/aromatic N) is 1. The summed E-state index contributed by atoms with van der Waals surface area (Å²) < 4.78 is 13.5.